The number of fused-ring (bicyclic) bond motifs is 1. The Hall–Kier alpha value is -2.81. The summed E-state index contributed by atoms with van der Waals surface area (Å²) < 4.78 is 10.6. The zero-order chi connectivity index (χ0) is 20.4. The third-order valence-electron chi connectivity index (χ3n) is 5.71. The first-order chi connectivity index (χ1) is 14.0. The molecule has 2 fully saturated rings. The van der Waals surface area contributed by atoms with Gasteiger partial charge in [-0.3, -0.25) is 19.4 Å². The van der Waals surface area contributed by atoms with Crippen LogP contribution in [0.5, 0.6) is 11.5 Å². The van der Waals surface area contributed by atoms with E-state index in [0.717, 1.165) is 36.4 Å². The molecule has 3 heterocycles. The number of amides is 4. The van der Waals surface area contributed by atoms with Gasteiger partial charge in [0.25, 0.3) is 5.91 Å². The van der Waals surface area contributed by atoms with Crippen LogP contribution in [0, 0.1) is 0 Å². The highest BCUT2D eigenvalue weighted by molar-refractivity contribution is 6.05. The molecule has 0 spiro atoms. The second-order valence-corrected chi connectivity index (χ2v) is 7.55. The SMILES string of the molecule is CCN1CCC[C@H]1CNC(=O)C[C@@H]1NC(=O)N(Cc2ccc3c(c2)OCO3)C1=O. The van der Waals surface area contributed by atoms with Gasteiger partial charge < -0.3 is 20.1 Å². The molecule has 156 valence electrons. The number of nitrogens with zero attached hydrogens (tertiary/aromatic N) is 2. The zero-order valence-electron chi connectivity index (χ0n) is 16.5. The van der Waals surface area contributed by atoms with Crippen LogP contribution in [0.15, 0.2) is 18.2 Å². The lowest BCUT2D eigenvalue weighted by Crippen LogP contribution is -2.42. The van der Waals surface area contributed by atoms with Crippen LogP contribution in [0.1, 0.15) is 31.7 Å². The number of urea groups is 1. The molecule has 0 unspecified atom stereocenters. The summed E-state index contributed by atoms with van der Waals surface area (Å²) in [5, 5.41) is 5.53. The number of rotatable bonds is 7. The van der Waals surface area contributed by atoms with E-state index in [4.69, 9.17) is 9.47 Å². The number of carbonyl (C=O) groups is 3. The summed E-state index contributed by atoms with van der Waals surface area (Å²) in [7, 11) is 0. The molecular formula is C20H26N4O5. The van der Waals surface area contributed by atoms with E-state index in [0.29, 0.717) is 24.1 Å². The monoisotopic (exact) mass is 402 g/mol. The first-order valence-electron chi connectivity index (χ1n) is 10.1. The Kier molecular flexibility index (Phi) is 5.57. The molecule has 1 aromatic rings. The molecule has 0 aromatic heterocycles. The maximum atomic E-state index is 12.6. The molecule has 3 aliphatic heterocycles. The lowest BCUT2D eigenvalue weighted by atomic mass is 10.1. The molecule has 4 amide bonds. The van der Waals surface area contributed by atoms with Crippen molar-refractivity contribution in [2.75, 3.05) is 26.4 Å². The Morgan fingerprint density at radius 3 is 2.93 bits per heavy atom. The Morgan fingerprint density at radius 1 is 1.28 bits per heavy atom. The van der Waals surface area contributed by atoms with Gasteiger partial charge in [0, 0.05) is 12.6 Å². The molecule has 9 heteroatoms. The summed E-state index contributed by atoms with van der Waals surface area (Å²) in [5.41, 5.74) is 0.753. The van der Waals surface area contributed by atoms with E-state index >= 15 is 0 Å². The van der Waals surface area contributed by atoms with Gasteiger partial charge in [0.05, 0.1) is 13.0 Å². The lowest BCUT2D eigenvalue weighted by molar-refractivity contribution is -0.131. The second-order valence-electron chi connectivity index (χ2n) is 7.55. The first-order valence-corrected chi connectivity index (χ1v) is 10.1. The molecular weight excluding hydrogens is 376 g/mol. The minimum atomic E-state index is -0.831. The second kappa shape index (κ2) is 8.28. The van der Waals surface area contributed by atoms with Crippen LogP contribution in [0.4, 0.5) is 4.79 Å². The lowest BCUT2D eigenvalue weighted by Gasteiger charge is -2.23. The fourth-order valence-corrected chi connectivity index (χ4v) is 4.12. The minimum Gasteiger partial charge on any atom is -0.454 e. The molecule has 29 heavy (non-hydrogen) atoms. The Balaban J connectivity index is 1.30. The van der Waals surface area contributed by atoms with Gasteiger partial charge in [0.15, 0.2) is 11.5 Å². The highest BCUT2D eigenvalue weighted by Crippen LogP contribution is 2.33. The maximum Gasteiger partial charge on any atom is 0.325 e. The number of imide groups is 1. The van der Waals surface area contributed by atoms with Crippen LogP contribution >= 0.6 is 0 Å². The molecule has 0 bridgehead atoms. The van der Waals surface area contributed by atoms with Gasteiger partial charge in [0.1, 0.15) is 6.04 Å². The van der Waals surface area contributed by atoms with Crippen molar-refractivity contribution in [1.29, 1.82) is 0 Å². The Morgan fingerprint density at radius 2 is 2.10 bits per heavy atom. The summed E-state index contributed by atoms with van der Waals surface area (Å²) in [5.74, 6) is 0.623. The normalized spacial score (nSPS) is 23.6. The van der Waals surface area contributed by atoms with Crippen molar-refractivity contribution in [2.24, 2.45) is 0 Å². The molecule has 0 saturated carbocycles. The number of hydrogen-bond acceptors (Lipinski definition) is 6. The van der Waals surface area contributed by atoms with Crippen LogP contribution in [-0.2, 0) is 16.1 Å². The molecule has 2 saturated heterocycles. The number of ether oxygens (including phenoxy) is 2. The van der Waals surface area contributed by atoms with E-state index in [1.165, 1.54) is 0 Å². The number of likely N-dealkylation sites (N-methyl/N-ethyl adjacent to an activating group) is 1. The number of nitrogens with one attached hydrogen (secondary N) is 2. The van der Waals surface area contributed by atoms with Crippen LogP contribution in [0.2, 0.25) is 0 Å². The van der Waals surface area contributed by atoms with Crippen LogP contribution in [-0.4, -0.2) is 66.2 Å². The third-order valence-corrected chi connectivity index (χ3v) is 5.71. The van der Waals surface area contributed by atoms with Crippen molar-refractivity contribution in [1.82, 2.24) is 20.4 Å². The fourth-order valence-electron chi connectivity index (χ4n) is 4.12. The number of hydrogen-bond donors (Lipinski definition) is 2. The van der Waals surface area contributed by atoms with Gasteiger partial charge in [-0.1, -0.05) is 13.0 Å². The molecule has 2 N–H and O–H groups in total. The predicted molar refractivity (Wildman–Crippen MR) is 103 cm³/mol. The third kappa shape index (κ3) is 4.14. The fraction of sp³-hybridized carbons (Fsp3) is 0.550. The molecule has 3 aliphatic rings. The summed E-state index contributed by atoms with van der Waals surface area (Å²) in [6.07, 6.45) is 2.15. The van der Waals surface area contributed by atoms with Crippen molar-refractivity contribution >= 4 is 17.8 Å². The standard InChI is InChI=1S/C20H26N4O5/c1-2-23-7-3-4-14(23)10-21-18(25)9-15-19(26)24(20(27)22-15)11-13-5-6-16-17(8-13)29-12-28-16/h5-6,8,14-15H,2-4,7,9-12H2,1H3,(H,21,25)(H,22,27)/t14-,15-/m0/s1. The zero-order valence-corrected chi connectivity index (χ0v) is 16.5. The van der Waals surface area contributed by atoms with Crippen molar-refractivity contribution < 1.29 is 23.9 Å². The maximum absolute atomic E-state index is 12.6. The van der Waals surface area contributed by atoms with Crippen molar-refractivity contribution in [3.8, 4) is 11.5 Å². The summed E-state index contributed by atoms with van der Waals surface area (Å²) >= 11 is 0. The largest absolute Gasteiger partial charge is 0.454 e. The quantitative estimate of drug-likeness (QED) is 0.656. The molecule has 2 atom stereocenters. The van der Waals surface area contributed by atoms with Gasteiger partial charge in [0.2, 0.25) is 12.7 Å². The average molecular weight is 402 g/mol. The first kappa shape index (κ1) is 19.5. The molecule has 0 aliphatic carbocycles. The van der Waals surface area contributed by atoms with Gasteiger partial charge >= 0.3 is 6.03 Å². The van der Waals surface area contributed by atoms with Gasteiger partial charge in [-0.25, -0.2) is 4.79 Å². The van der Waals surface area contributed by atoms with E-state index in [9.17, 15) is 14.4 Å². The van der Waals surface area contributed by atoms with E-state index in [1.54, 1.807) is 18.2 Å². The summed E-state index contributed by atoms with van der Waals surface area (Å²) in [6, 6.07) is 4.32. The van der Waals surface area contributed by atoms with Crippen molar-refractivity contribution in [3.05, 3.63) is 23.8 Å². The summed E-state index contributed by atoms with van der Waals surface area (Å²) in [4.78, 5) is 40.7. The van der Waals surface area contributed by atoms with Gasteiger partial charge in [-0.15, -0.1) is 0 Å². The minimum absolute atomic E-state index is 0.0545. The number of benzene rings is 1. The van der Waals surface area contributed by atoms with E-state index in [-0.39, 0.29) is 31.6 Å². The highest BCUT2D eigenvalue weighted by atomic mass is 16.7. The molecule has 9 nitrogen and oxygen atoms in total. The van der Waals surface area contributed by atoms with Crippen LogP contribution < -0.4 is 20.1 Å². The van der Waals surface area contributed by atoms with Crippen LogP contribution in [0.3, 0.4) is 0 Å². The number of likely N-dealkylation sites (tertiary alicyclic amines) is 1. The predicted octanol–water partition coefficient (Wildman–Crippen LogP) is 0.826. The summed E-state index contributed by atoms with van der Waals surface area (Å²) in [6.45, 7) is 4.99. The molecule has 1 aromatic carbocycles. The van der Waals surface area contributed by atoms with Gasteiger partial charge in [-0.2, -0.15) is 0 Å². The van der Waals surface area contributed by atoms with Crippen LogP contribution in [0.25, 0.3) is 0 Å². The molecule has 0 radical (unpaired) electrons. The van der Waals surface area contributed by atoms with E-state index < -0.39 is 12.1 Å². The number of carbonyl (C=O) groups excluding carboxylic acids is 3. The van der Waals surface area contributed by atoms with E-state index in [2.05, 4.69) is 22.5 Å². The highest BCUT2D eigenvalue weighted by Gasteiger charge is 2.39. The topological polar surface area (TPSA) is 100 Å². The Labute approximate surface area is 169 Å². The smallest absolute Gasteiger partial charge is 0.325 e. The van der Waals surface area contributed by atoms with Gasteiger partial charge in [-0.05, 0) is 43.6 Å². The van der Waals surface area contributed by atoms with Crippen molar-refractivity contribution in [3.63, 3.8) is 0 Å². The van der Waals surface area contributed by atoms with Crippen molar-refractivity contribution in [2.45, 2.75) is 44.8 Å². The molecule has 4 rings (SSSR count). The van der Waals surface area contributed by atoms with E-state index in [1.807, 2.05) is 0 Å². The Bertz CT molecular complexity index is 814. The average Bonchev–Trinajstić information content (AvgIpc) is 3.42.